The zero-order valence-electron chi connectivity index (χ0n) is 9.64. The molecule has 0 saturated carbocycles. The summed E-state index contributed by atoms with van der Waals surface area (Å²) in [5, 5.41) is 8.80. The molecule has 4 heteroatoms. The minimum absolute atomic E-state index is 0.438. The molecule has 0 amide bonds. The Labute approximate surface area is 95.8 Å². The van der Waals surface area contributed by atoms with E-state index in [9.17, 15) is 0 Å². The molecule has 0 aliphatic carbocycles. The number of aromatic nitrogens is 1. The van der Waals surface area contributed by atoms with E-state index >= 15 is 0 Å². The predicted octanol–water partition coefficient (Wildman–Crippen LogP) is 2.00. The molecule has 4 nitrogen and oxygen atoms in total. The number of nitriles is 1. The Balaban J connectivity index is 2.30. The standard InChI is InChI=1S/C12H16N2O2/c1-10(2)9-15-5-6-16-12-8-14-4-3-11(12)7-13/h3-4,8,10H,5-6,9H2,1-2H3. The molecule has 0 atom stereocenters. The van der Waals surface area contributed by atoms with Crippen LogP contribution < -0.4 is 4.74 Å². The van der Waals surface area contributed by atoms with Crippen molar-refractivity contribution in [2.45, 2.75) is 13.8 Å². The number of hydrogen-bond donors (Lipinski definition) is 0. The first-order valence-electron chi connectivity index (χ1n) is 5.28. The molecule has 0 saturated heterocycles. The van der Waals surface area contributed by atoms with E-state index in [-0.39, 0.29) is 0 Å². The molecule has 1 heterocycles. The number of ether oxygens (including phenoxy) is 2. The first kappa shape index (κ1) is 12.5. The van der Waals surface area contributed by atoms with Crippen molar-refractivity contribution in [3.63, 3.8) is 0 Å². The van der Waals surface area contributed by atoms with E-state index in [0.717, 1.165) is 6.61 Å². The molecule has 1 aromatic rings. The number of nitrogens with zero attached hydrogens (tertiary/aromatic N) is 2. The van der Waals surface area contributed by atoms with E-state index in [2.05, 4.69) is 18.8 Å². The van der Waals surface area contributed by atoms with E-state index in [0.29, 0.717) is 30.4 Å². The van der Waals surface area contributed by atoms with Gasteiger partial charge in [-0.15, -0.1) is 0 Å². The average Bonchev–Trinajstić information content (AvgIpc) is 2.29. The second-order valence-electron chi connectivity index (χ2n) is 3.80. The van der Waals surface area contributed by atoms with Crippen molar-refractivity contribution in [1.82, 2.24) is 4.98 Å². The Morgan fingerprint density at radius 2 is 2.25 bits per heavy atom. The first-order valence-corrected chi connectivity index (χ1v) is 5.28. The molecular weight excluding hydrogens is 204 g/mol. The van der Waals surface area contributed by atoms with E-state index in [4.69, 9.17) is 14.7 Å². The Kier molecular flexibility index (Phi) is 5.30. The van der Waals surface area contributed by atoms with Gasteiger partial charge in [0.15, 0.2) is 5.75 Å². The van der Waals surface area contributed by atoms with Gasteiger partial charge in [-0.1, -0.05) is 13.8 Å². The van der Waals surface area contributed by atoms with Gasteiger partial charge in [0.25, 0.3) is 0 Å². The maximum Gasteiger partial charge on any atom is 0.155 e. The van der Waals surface area contributed by atoms with Gasteiger partial charge in [0.2, 0.25) is 0 Å². The Morgan fingerprint density at radius 3 is 2.94 bits per heavy atom. The van der Waals surface area contributed by atoms with Crippen molar-refractivity contribution >= 4 is 0 Å². The molecule has 0 radical (unpaired) electrons. The SMILES string of the molecule is CC(C)COCCOc1cnccc1C#N. The summed E-state index contributed by atoms with van der Waals surface area (Å²) in [5.41, 5.74) is 0.499. The molecule has 16 heavy (non-hydrogen) atoms. The van der Waals surface area contributed by atoms with Gasteiger partial charge in [-0.05, 0) is 12.0 Å². The fourth-order valence-corrected chi connectivity index (χ4v) is 1.12. The third-order valence-electron chi connectivity index (χ3n) is 1.84. The predicted molar refractivity (Wildman–Crippen MR) is 60.1 cm³/mol. The van der Waals surface area contributed by atoms with Crippen molar-refractivity contribution in [2.75, 3.05) is 19.8 Å². The van der Waals surface area contributed by atoms with Gasteiger partial charge in [0.05, 0.1) is 18.4 Å². The van der Waals surface area contributed by atoms with Crippen LogP contribution in [0.3, 0.4) is 0 Å². The lowest BCUT2D eigenvalue weighted by Crippen LogP contribution is -2.10. The Hall–Kier alpha value is -1.60. The van der Waals surface area contributed by atoms with Crippen LogP contribution in [0.4, 0.5) is 0 Å². The summed E-state index contributed by atoms with van der Waals surface area (Å²) in [4.78, 5) is 3.90. The Morgan fingerprint density at radius 1 is 1.44 bits per heavy atom. The summed E-state index contributed by atoms with van der Waals surface area (Å²) in [6.07, 6.45) is 3.11. The molecule has 0 aromatic carbocycles. The highest BCUT2D eigenvalue weighted by molar-refractivity contribution is 5.40. The van der Waals surface area contributed by atoms with Crippen molar-refractivity contribution in [3.05, 3.63) is 24.0 Å². The third kappa shape index (κ3) is 4.28. The molecule has 0 bridgehead atoms. The molecule has 0 aliphatic heterocycles. The number of rotatable bonds is 6. The summed E-state index contributed by atoms with van der Waals surface area (Å²) in [7, 11) is 0. The summed E-state index contributed by atoms with van der Waals surface area (Å²) in [6.45, 7) is 5.87. The van der Waals surface area contributed by atoms with Crippen molar-refractivity contribution in [2.24, 2.45) is 5.92 Å². The van der Waals surface area contributed by atoms with Crippen LogP contribution in [0.5, 0.6) is 5.75 Å². The van der Waals surface area contributed by atoms with Crippen LogP contribution in [0, 0.1) is 17.2 Å². The van der Waals surface area contributed by atoms with Crippen LogP contribution in [0.2, 0.25) is 0 Å². The fraction of sp³-hybridized carbons (Fsp3) is 0.500. The highest BCUT2D eigenvalue weighted by atomic mass is 16.5. The van der Waals surface area contributed by atoms with Gasteiger partial charge in [-0.3, -0.25) is 4.98 Å². The van der Waals surface area contributed by atoms with Crippen LogP contribution in [-0.4, -0.2) is 24.8 Å². The van der Waals surface area contributed by atoms with E-state index in [1.54, 1.807) is 18.5 Å². The van der Waals surface area contributed by atoms with Crippen LogP contribution in [-0.2, 0) is 4.74 Å². The topological polar surface area (TPSA) is 55.1 Å². The maximum atomic E-state index is 8.80. The van der Waals surface area contributed by atoms with Gasteiger partial charge in [0.1, 0.15) is 12.7 Å². The number of pyridine rings is 1. The average molecular weight is 220 g/mol. The highest BCUT2D eigenvalue weighted by Gasteiger charge is 2.02. The van der Waals surface area contributed by atoms with Gasteiger partial charge in [-0.2, -0.15) is 5.26 Å². The van der Waals surface area contributed by atoms with E-state index in [1.807, 2.05) is 6.07 Å². The van der Waals surface area contributed by atoms with Gasteiger partial charge >= 0.3 is 0 Å². The monoisotopic (exact) mass is 220 g/mol. The summed E-state index contributed by atoms with van der Waals surface area (Å²) in [6, 6.07) is 3.68. The third-order valence-corrected chi connectivity index (χ3v) is 1.84. The van der Waals surface area contributed by atoms with Crippen LogP contribution in [0.1, 0.15) is 19.4 Å². The lowest BCUT2D eigenvalue weighted by molar-refractivity contribution is 0.0817. The largest absolute Gasteiger partial charge is 0.488 e. The smallest absolute Gasteiger partial charge is 0.155 e. The molecule has 0 unspecified atom stereocenters. The van der Waals surface area contributed by atoms with Crippen LogP contribution >= 0.6 is 0 Å². The highest BCUT2D eigenvalue weighted by Crippen LogP contribution is 2.14. The summed E-state index contributed by atoms with van der Waals surface area (Å²) >= 11 is 0. The molecule has 0 aliphatic rings. The summed E-state index contributed by atoms with van der Waals surface area (Å²) < 4.78 is 10.8. The van der Waals surface area contributed by atoms with Crippen molar-refractivity contribution in [3.8, 4) is 11.8 Å². The van der Waals surface area contributed by atoms with Gasteiger partial charge < -0.3 is 9.47 Å². The minimum Gasteiger partial charge on any atom is -0.488 e. The molecule has 1 rings (SSSR count). The van der Waals surface area contributed by atoms with Crippen LogP contribution in [0.25, 0.3) is 0 Å². The second kappa shape index (κ2) is 6.81. The number of hydrogen-bond acceptors (Lipinski definition) is 4. The second-order valence-corrected chi connectivity index (χ2v) is 3.80. The molecule has 1 aromatic heterocycles. The lowest BCUT2D eigenvalue weighted by atomic mass is 10.2. The maximum absolute atomic E-state index is 8.80. The van der Waals surface area contributed by atoms with Crippen molar-refractivity contribution < 1.29 is 9.47 Å². The Bertz CT molecular complexity index is 358. The van der Waals surface area contributed by atoms with Gasteiger partial charge in [-0.25, -0.2) is 0 Å². The first-order chi connectivity index (χ1) is 7.74. The summed E-state index contributed by atoms with van der Waals surface area (Å²) in [5.74, 6) is 1.03. The van der Waals surface area contributed by atoms with Crippen LogP contribution in [0.15, 0.2) is 18.5 Å². The van der Waals surface area contributed by atoms with Crippen molar-refractivity contribution in [1.29, 1.82) is 5.26 Å². The minimum atomic E-state index is 0.438. The zero-order chi connectivity index (χ0) is 11.8. The fourth-order valence-electron chi connectivity index (χ4n) is 1.12. The molecular formula is C12H16N2O2. The quantitative estimate of drug-likeness (QED) is 0.688. The zero-order valence-corrected chi connectivity index (χ0v) is 9.64. The van der Waals surface area contributed by atoms with Gasteiger partial charge in [0, 0.05) is 12.8 Å². The van der Waals surface area contributed by atoms with E-state index in [1.165, 1.54) is 0 Å². The van der Waals surface area contributed by atoms with E-state index < -0.39 is 0 Å². The normalized spacial score (nSPS) is 10.1. The lowest BCUT2D eigenvalue weighted by Gasteiger charge is -2.09. The molecule has 0 spiro atoms. The molecule has 0 fully saturated rings. The molecule has 86 valence electrons. The molecule has 0 N–H and O–H groups in total.